The Morgan fingerprint density at radius 3 is 2.35 bits per heavy atom. The first kappa shape index (κ1) is 28.8. The molecular weight excluding hydrogens is 551 g/mol. The van der Waals surface area contributed by atoms with Gasteiger partial charge >= 0.3 is 12.1 Å². The predicted octanol–water partition coefficient (Wildman–Crippen LogP) is 5.16. The minimum atomic E-state index is -4.88. The van der Waals surface area contributed by atoms with Crippen LogP contribution in [0.3, 0.4) is 0 Å². The number of alkyl halides is 3. The number of carbonyl (C=O) groups is 2. The molecule has 0 saturated heterocycles. The van der Waals surface area contributed by atoms with E-state index in [0.717, 1.165) is 10.9 Å². The normalized spacial score (nSPS) is 30.0. The zero-order chi connectivity index (χ0) is 29.2. The van der Waals surface area contributed by atoms with Gasteiger partial charge in [-0.1, -0.05) is 25.4 Å². The van der Waals surface area contributed by atoms with Gasteiger partial charge in [-0.3, -0.25) is 14.3 Å². The molecule has 218 valence electrons. The Bertz CT molecular complexity index is 1290. The van der Waals surface area contributed by atoms with Gasteiger partial charge in [0.15, 0.2) is 5.69 Å². The van der Waals surface area contributed by atoms with Crippen LogP contribution in [0, 0.1) is 22.7 Å². The number of aliphatic hydroxyl groups is 1. The Kier molecular flexibility index (Phi) is 7.18. The molecule has 0 aromatic carbocycles. The number of aliphatic hydroxyl groups excluding tert-OH is 1. The topological polar surface area (TPSA) is 121 Å². The summed E-state index contributed by atoms with van der Waals surface area (Å²) in [6.45, 7) is 5.59. The fourth-order valence-corrected chi connectivity index (χ4v) is 7.13. The Balaban J connectivity index is 1.46. The molecule has 13 heteroatoms. The third-order valence-electron chi connectivity index (χ3n) is 9.64. The van der Waals surface area contributed by atoms with Crippen molar-refractivity contribution in [2.24, 2.45) is 22.7 Å². The minimum absolute atomic E-state index is 0.0901. The number of hydrogen-bond donors (Lipinski definition) is 2. The van der Waals surface area contributed by atoms with E-state index in [9.17, 15) is 33.0 Å². The first-order valence-electron chi connectivity index (χ1n) is 13.5. The molecular formula is C27H33ClF3N5O4. The van der Waals surface area contributed by atoms with Crippen LogP contribution < -0.4 is 0 Å². The predicted molar refractivity (Wildman–Crippen MR) is 137 cm³/mol. The van der Waals surface area contributed by atoms with Gasteiger partial charge < -0.3 is 15.1 Å². The second-order valence-corrected chi connectivity index (χ2v) is 12.7. The smallest absolute Gasteiger partial charge is 0.433 e. The van der Waals surface area contributed by atoms with Gasteiger partial charge in [0, 0.05) is 12.2 Å². The number of fused-ring (bicyclic) bond motifs is 1. The fraction of sp³-hybridized carbons (Fsp3) is 0.667. The molecule has 3 saturated carbocycles. The molecule has 2 aromatic rings. The lowest BCUT2D eigenvalue weighted by Crippen LogP contribution is -2.43. The molecule has 2 aromatic heterocycles. The van der Waals surface area contributed by atoms with Gasteiger partial charge in [0.2, 0.25) is 0 Å². The molecule has 5 rings (SSSR count). The first-order valence-corrected chi connectivity index (χ1v) is 13.9. The van der Waals surface area contributed by atoms with E-state index in [1.807, 2.05) is 0 Å². The number of carboxylic acid groups (broad SMARTS) is 1. The summed E-state index contributed by atoms with van der Waals surface area (Å²) >= 11 is 6.15. The zero-order valence-electron chi connectivity index (χ0n) is 22.5. The van der Waals surface area contributed by atoms with E-state index >= 15 is 0 Å². The molecule has 2 N–H and O–H groups in total. The molecule has 40 heavy (non-hydrogen) atoms. The van der Waals surface area contributed by atoms with Crippen molar-refractivity contribution in [3.63, 3.8) is 0 Å². The van der Waals surface area contributed by atoms with Crippen LogP contribution in [0.2, 0.25) is 5.02 Å². The van der Waals surface area contributed by atoms with Crippen LogP contribution in [0.25, 0.3) is 0 Å². The summed E-state index contributed by atoms with van der Waals surface area (Å²) in [6.07, 6.45) is -0.722. The highest BCUT2D eigenvalue weighted by atomic mass is 35.5. The fourth-order valence-electron chi connectivity index (χ4n) is 6.90. The molecule has 0 radical (unpaired) electrons. The SMILES string of the molecule is CC1(C(=O)O)CCC(n2ncc(C(=O)N(CC(O)c3ncncc3Cl)C3C[C@@H]4[C@H](C3)C4(C)C)c2C(F)(F)F)CC1. The van der Waals surface area contributed by atoms with Gasteiger partial charge in [-0.15, -0.1) is 0 Å². The van der Waals surface area contributed by atoms with Crippen LogP contribution in [0.4, 0.5) is 13.2 Å². The van der Waals surface area contributed by atoms with Crippen LogP contribution in [0.1, 0.15) is 93.2 Å². The number of aliphatic carboxylic acids is 1. The summed E-state index contributed by atoms with van der Waals surface area (Å²) in [6, 6.07) is -1.05. The molecule has 3 aliphatic carbocycles. The second-order valence-electron chi connectivity index (χ2n) is 12.3. The minimum Gasteiger partial charge on any atom is -0.481 e. The van der Waals surface area contributed by atoms with Crippen LogP contribution in [-0.4, -0.2) is 59.3 Å². The molecule has 2 heterocycles. The van der Waals surface area contributed by atoms with Crippen molar-refractivity contribution in [1.82, 2.24) is 24.6 Å². The van der Waals surface area contributed by atoms with E-state index in [-0.39, 0.29) is 54.4 Å². The molecule has 0 aliphatic heterocycles. The summed E-state index contributed by atoms with van der Waals surface area (Å²) in [5, 5.41) is 24.6. The molecule has 0 spiro atoms. The highest BCUT2D eigenvalue weighted by Crippen LogP contribution is 2.67. The summed E-state index contributed by atoms with van der Waals surface area (Å²) in [4.78, 5) is 34.7. The van der Waals surface area contributed by atoms with Crippen molar-refractivity contribution in [2.75, 3.05) is 6.54 Å². The van der Waals surface area contributed by atoms with E-state index in [2.05, 4.69) is 28.9 Å². The first-order chi connectivity index (χ1) is 18.6. The Hall–Kier alpha value is -2.73. The van der Waals surface area contributed by atoms with Crippen LogP contribution in [-0.2, 0) is 11.0 Å². The van der Waals surface area contributed by atoms with Crippen molar-refractivity contribution >= 4 is 23.5 Å². The maximum atomic E-state index is 14.5. The van der Waals surface area contributed by atoms with Crippen molar-refractivity contribution in [3.05, 3.63) is 40.7 Å². The number of carboxylic acids is 1. The van der Waals surface area contributed by atoms with Gasteiger partial charge in [0.05, 0.1) is 40.5 Å². The second kappa shape index (κ2) is 9.97. The van der Waals surface area contributed by atoms with E-state index in [0.29, 0.717) is 24.7 Å². The van der Waals surface area contributed by atoms with Crippen LogP contribution in [0.15, 0.2) is 18.7 Å². The summed E-state index contributed by atoms with van der Waals surface area (Å²) < 4.78 is 44.4. The van der Waals surface area contributed by atoms with Crippen molar-refractivity contribution < 1.29 is 33.0 Å². The van der Waals surface area contributed by atoms with E-state index < -0.39 is 46.9 Å². The molecule has 0 bridgehead atoms. The van der Waals surface area contributed by atoms with Gasteiger partial charge in [0.25, 0.3) is 5.91 Å². The lowest BCUT2D eigenvalue weighted by atomic mass is 9.74. The Morgan fingerprint density at radius 2 is 1.80 bits per heavy atom. The van der Waals surface area contributed by atoms with Crippen molar-refractivity contribution in [2.45, 2.75) is 83.7 Å². The number of amides is 1. The lowest BCUT2D eigenvalue weighted by molar-refractivity contribution is -0.152. The highest BCUT2D eigenvalue weighted by Gasteiger charge is 2.63. The molecule has 4 atom stereocenters. The summed E-state index contributed by atoms with van der Waals surface area (Å²) in [7, 11) is 0. The number of hydrogen-bond acceptors (Lipinski definition) is 6. The Morgan fingerprint density at radius 1 is 1.18 bits per heavy atom. The number of halogens is 4. The molecule has 3 fully saturated rings. The maximum absolute atomic E-state index is 14.5. The number of nitrogens with zero attached hydrogens (tertiary/aromatic N) is 5. The number of rotatable bonds is 7. The number of carbonyl (C=O) groups excluding carboxylic acids is 1. The highest BCUT2D eigenvalue weighted by molar-refractivity contribution is 6.31. The average Bonchev–Trinajstić information content (AvgIpc) is 3.31. The van der Waals surface area contributed by atoms with Gasteiger partial charge in [0.1, 0.15) is 12.4 Å². The monoisotopic (exact) mass is 583 g/mol. The molecule has 3 aliphatic rings. The third-order valence-corrected chi connectivity index (χ3v) is 9.93. The van der Waals surface area contributed by atoms with Gasteiger partial charge in [-0.05, 0) is 62.7 Å². The number of aromatic nitrogens is 4. The largest absolute Gasteiger partial charge is 0.481 e. The average molecular weight is 584 g/mol. The Labute approximate surface area is 234 Å². The maximum Gasteiger partial charge on any atom is 0.433 e. The van der Waals surface area contributed by atoms with E-state index in [1.54, 1.807) is 6.92 Å². The van der Waals surface area contributed by atoms with Gasteiger partial charge in [-0.2, -0.15) is 18.3 Å². The van der Waals surface area contributed by atoms with E-state index in [1.165, 1.54) is 17.4 Å². The summed E-state index contributed by atoms with van der Waals surface area (Å²) in [5.41, 5.74) is -2.53. The van der Waals surface area contributed by atoms with Crippen molar-refractivity contribution in [3.8, 4) is 0 Å². The summed E-state index contributed by atoms with van der Waals surface area (Å²) in [5.74, 6) is -1.14. The van der Waals surface area contributed by atoms with Crippen molar-refractivity contribution in [1.29, 1.82) is 0 Å². The standard InChI is InChI=1S/C27H33ClF3N5O4/c1-25(2)17-8-15(9-18(17)25)35(12-20(37)21-19(28)11-32-13-33-21)23(38)16-10-34-36(22(16)27(29,30)31)14-4-6-26(3,7-5-14)24(39)40/h10-11,13-15,17-18,20,37H,4-9,12H2,1-3H3,(H,39,40)/t14?,15?,17-,18+,20?,26?. The quantitative estimate of drug-likeness (QED) is 0.462. The molecule has 2 unspecified atom stereocenters. The third kappa shape index (κ3) is 4.97. The lowest BCUT2D eigenvalue weighted by Gasteiger charge is -2.35. The molecule has 1 amide bonds. The zero-order valence-corrected chi connectivity index (χ0v) is 23.3. The van der Waals surface area contributed by atoms with Crippen LogP contribution >= 0.6 is 11.6 Å². The van der Waals surface area contributed by atoms with E-state index in [4.69, 9.17) is 11.6 Å². The molecule has 9 nitrogen and oxygen atoms in total. The van der Waals surface area contributed by atoms with Gasteiger partial charge in [-0.25, -0.2) is 9.97 Å². The van der Waals surface area contributed by atoms with Crippen LogP contribution in [0.5, 0.6) is 0 Å².